The van der Waals surface area contributed by atoms with Gasteiger partial charge < -0.3 is 30.3 Å². The Bertz CT molecular complexity index is 1460. The quantitative estimate of drug-likeness (QED) is 0.0261. The Morgan fingerprint density at radius 1 is 0.980 bits per heavy atom. The maximum atomic E-state index is 14.7. The molecule has 0 aromatic heterocycles. The molecule has 50 heavy (non-hydrogen) atoms. The summed E-state index contributed by atoms with van der Waals surface area (Å²) < 4.78 is 68.9. The molecule has 21 heteroatoms. The normalized spacial score (nSPS) is 19.7. The van der Waals surface area contributed by atoms with Crippen molar-refractivity contribution in [3.63, 3.8) is 0 Å². The number of carbonyl (C=O) groups is 5. The predicted octanol–water partition coefficient (Wildman–Crippen LogP) is 2.47. The lowest BCUT2D eigenvalue weighted by Gasteiger charge is -2.23. The summed E-state index contributed by atoms with van der Waals surface area (Å²) in [5, 5.41) is 11.8. The minimum absolute atomic E-state index is 0.0346. The van der Waals surface area contributed by atoms with Crippen LogP contribution in [-0.2, 0) is 40.0 Å². The van der Waals surface area contributed by atoms with Crippen molar-refractivity contribution in [2.75, 3.05) is 51.8 Å². The molecule has 1 aromatic rings. The number of hydroxylamine groups is 2. The Kier molecular flexibility index (Phi) is 14.5. The van der Waals surface area contributed by atoms with E-state index in [-0.39, 0.29) is 81.4 Å². The van der Waals surface area contributed by atoms with Crippen LogP contribution in [0.1, 0.15) is 44.1 Å². The van der Waals surface area contributed by atoms with Crippen molar-refractivity contribution in [3.05, 3.63) is 39.3 Å². The highest BCUT2D eigenvalue weighted by atomic mass is 32.2. The molecule has 5 amide bonds. The van der Waals surface area contributed by atoms with Crippen LogP contribution in [0.25, 0.3) is 10.4 Å². The van der Waals surface area contributed by atoms with Crippen molar-refractivity contribution in [1.29, 1.82) is 0 Å². The Balaban J connectivity index is 1.15. The highest BCUT2D eigenvalue weighted by Gasteiger charge is 2.42. The number of unbranched alkanes of at least 4 members (excludes halogenated alkanes) is 1. The number of hydrogen-bond acceptors (Lipinski definition) is 11. The van der Waals surface area contributed by atoms with Crippen molar-refractivity contribution in [1.82, 2.24) is 25.9 Å². The number of azide groups is 1. The van der Waals surface area contributed by atoms with Gasteiger partial charge in [-0.1, -0.05) is 11.5 Å². The van der Waals surface area contributed by atoms with Crippen molar-refractivity contribution >= 4 is 47.2 Å². The smallest absolute Gasteiger partial charge is 0.347 e. The van der Waals surface area contributed by atoms with E-state index in [0.29, 0.717) is 18.1 Å². The molecule has 3 N–H and O–H groups in total. The number of imide groups is 1. The van der Waals surface area contributed by atoms with E-state index < -0.39 is 65.4 Å². The molecule has 3 atom stereocenters. The molecule has 3 fully saturated rings. The van der Waals surface area contributed by atoms with E-state index in [1.54, 1.807) is 0 Å². The third kappa shape index (κ3) is 10.4. The summed E-state index contributed by atoms with van der Waals surface area (Å²) in [6.45, 7) is -1.46. The van der Waals surface area contributed by atoms with Gasteiger partial charge in [0, 0.05) is 60.4 Å². The number of urea groups is 1. The van der Waals surface area contributed by atoms with Crippen molar-refractivity contribution in [3.8, 4) is 0 Å². The summed E-state index contributed by atoms with van der Waals surface area (Å²) in [7, 11) is 0. The Hall–Kier alpha value is -4.17. The minimum atomic E-state index is -1.94. The lowest BCUT2D eigenvalue weighted by molar-refractivity contribution is -0.198. The summed E-state index contributed by atoms with van der Waals surface area (Å²) in [5.41, 5.74) is 5.83. The molecular formula is C29H36F4N8O8S. The maximum absolute atomic E-state index is 14.7. The van der Waals surface area contributed by atoms with Gasteiger partial charge in [-0.3, -0.25) is 19.3 Å². The van der Waals surface area contributed by atoms with Crippen LogP contribution in [0, 0.1) is 23.3 Å². The van der Waals surface area contributed by atoms with Crippen LogP contribution < -0.4 is 16.0 Å². The predicted molar refractivity (Wildman–Crippen MR) is 166 cm³/mol. The van der Waals surface area contributed by atoms with E-state index in [1.807, 2.05) is 11.8 Å². The van der Waals surface area contributed by atoms with Crippen LogP contribution in [0.3, 0.4) is 0 Å². The average molecular weight is 733 g/mol. The standard InChI is InChI=1S/C29H36F4N8O8S/c30-23-16(24(31)26(33)28(25(23)32)38-39-34)13-40(14-22(45)49-41-20(43)5-6-21(41)44)8-10-48-12-11-47-9-7-35-19(42)4-2-1-3-18-27-17(15-50-18)36-29(46)37-27/h17-18,27H,1-15H2,(H,35,42)(H2,36,37,46). The second kappa shape index (κ2) is 18.7. The summed E-state index contributed by atoms with van der Waals surface area (Å²) in [4.78, 5) is 67.6. The number of hydrogen-bond donors (Lipinski definition) is 3. The molecular weight excluding hydrogens is 696 g/mol. The Labute approximate surface area is 287 Å². The molecule has 274 valence electrons. The van der Waals surface area contributed by atoms with Gasteiger partial charge in [0.1, 0.15) is 5.69 Å². The lowest BCUT2D eigenvalue weighted by atomic mass is 10.0. The minimum Gasteiger partial charge on any atom is -0.378 e. The fourth-order valence-corrected chi connectivity index (χ4v) is 7.03. The van der Waals surface area contributed by atoms with E-state index in [1.165, 1.54) is 0 Å². The first kappa shape index (κ1) is 38.6. The number of halogens is 4. The van der Waals surface area contributed by atoms with Crippen molar-refractivity contribution in [2.45, 2.75) is 62.4 Å². The number of thioether (sulfide) groups is 1. The molecule has 0 radical (unpaired) electrons. The van der Waals surface area contributed by atoms with Gasteiger partial charge >= 0.3 is 12.0 Å². The van der Waals surface area contributed by atoms with Crippen LogP contribution in [-0.4, -0.2) is 109 Å². The fourth-order valence-electron chi connectivity index (χ4n) is 5.49. The molecule has 0 aliphatic carbocycles. The van der Waals surface area contributed by atoms with E-state index in [4.69, 9.17) is 19.8 Å². The zero-order valence-electron chi connectivity index (χ0n) is 26.8. The molecule has 0 saturated carbocycles. The monoisotopic (exact) mass is 732 g/mol. The third-order valence-electron chi connectivity index (χ3n) is 7.98. The molecule has 0 bridgehead atoms. The number of amides is 5. The Morgan fingerprint density at radius 2 is 1.66 bits per heavy atom. The van der Waals surface area contributed by atoms with Gasteiger partial charge in [-0.25, -0.2) is 27.2 Å². The van der Waals surface area contributed by atoms with Crippen molar-refractivity contribution < 1.29 is 55.8 Å². The van der Waals surface area contributed by atoms with Crippen LogP contribution in [0.2, 0.25) is 0 Å². The maximum Gasteiger partial charge on any atom is 0.347 e. The topological polar surface area (TPSA) is 204 Å². The SMILES string of the molecule is [N-]=[N+]=Nc1c(F)c(F)c(CN(CCOCCOCCNC(=O)CCCCC2SCC3NC(=O)NC32)CC(=O)ON2C(=O)CCC2=O)c(F)c1F. The van der Waals surface area contributed by atoms with E-state index in [9.17, 15) is 41.5 Å². The summed E-state index contributed by atoms with van der Waals surface area (Å²) >= 11 is 1.82. The first-order valence-corrected chi connectivity index (χ1v) is 16.8. The second-order valence-corrected chi connectivity index (χ2v) is 12.7. The van der Waals surface area contributed by atoms with Crippen LogP contribution >= 0.6 is 11.8 Å². The van der Waals surface area contributed by atoms with Gasteiger partial charge in [0.2, 0.25) is 5.91 Å². The fraction of sp³-hybridized carbons (Fsp3) is 0.621. The van der Waals surface area contributed by atoms with Crippen LogP contribution in [0.15, 0.2) is 5.11 Å². The number of fused-ring (bicyclic) bond motifs is 1. The third-order valence-corrected chi connectivity index (χ3v) is 9.49. The lowest BCUT2D eigenvalue weighted by Crippen LogP contribution is -2.39. The average Bonchev–Trinajstić information content (AvgIpc) is 3.74. The van der Waals surface area contributed by atoms with Crippen LogP contribution in [0.5, 0.6) is 0 Å². The second-order valence-electron chi connectivity index (χ2n) is 11.5. The molecule has 1 aromatic carbocycles. The van der Waals surface area contributed by atoms with Gasteiger partial charge in [0.25, 0.3) is 11.8 Å². The highest BCUT2D eigenvalue weighted by Crippen LogP contribution is 2.33. The van der Waals surface area contributed by atoms with Crippen molar-refractivity contribution in [2.24, 2.45) is 5.11 Å². The van der Waals surface area contributed by atoms with Gasteiger partial charge in [-0.15, -0.1) is 5.06 Å². The number of ether oxygens (including phenoxy) is 2. The molecule has 3 heterocycles. The molecule has 3 saturated heterocycles. The Morgan fingerprint density at radius 3 is 2.34 bits per heavy atom. The zero-order chi connectivity index (χ0) is 36.2. The summed E-state index contributed by atoms with van der Waals surface area (Å²) in [6, 6.07) is 0.166. The van der Waals surface area contributed by atoms with Gasteiger partial charge in [0.15, 0.2) is 23.3 Å². The van der Waals surface area contributed by atoms with E-state index in [0.717, 1.165) is 23.5 Å². The van der Waals surface area contributed by atoms with E-state index in [2.05, 4.69) is 26.0 Å². The first-order chi connectivity index (χ1) is 24.0. The van der Waals surface area contributed by atoms with E-state index >= 15 is 0 Å². The highest BCUT2D eigenvalue weighted by molar-refractivity contribution is 8.00. The number of nitrogens with one attached hydrogen (secondary N) is 3. The zero-order valence-corrected chi connectivity index (χ0v) is 27.6. The number of rotatable bonds is 20. The molecule has 3 aliphatic heterocycles. The molecule has 3 unspecified atom stereocenters. The number of benzene rings is 1. The number of carbonyl (C=O) groups excluding carboxylic acids is 5. The molecule has 4 rings (SSSR count). The molecule has 3 aliphatic rings. The molecule has 0 spiro atoms. The first-order valence-electron chi connectivity index (χ1n) is 15.8. The van der Waals surface area contributed by atoms with Gasteiger partial charge in [-0.05, 0) is 18.4 Å². The number of nitrogens with zero attached hydrogens (tertiary/aromatic N) is 5. The van der Waals surface area contributed by atoms with Gasteiger partial charge in [0.05, 0.1) is 45.1 Å². The summed E-state index contributed by atoms with van der Waals surface area (Å²) in [6.07, 6.45) is 2.49. The largest absolute Gasteiger partial charge is 0.378 e. The van der Waals surface area contributed by atoms with Gasteiger partial charge in [-0.2, -0.15) is 11.8 Å². The summed E-state index contributed by atoms with van der Waals surface area (Å²) in [5.74, 6) is -9.51. The molecule has 16 nitrogen and oxygen atoms in total. The van der Waals surface area contributed by atoms with Crippen LogP contribution in [0.4, 0.5) is 28.0 Å².